The molecule has 1 aromatic rings. The van der Waals surface area contributed by atoms with Gasteiger partial charge in [-0.05, 0) is 0 Å². The maximum Gasteiger partial charge on any atom is 0.397 e. The zero-order valence-corrected chi connectivity index (χ0v) is 7.93. The first kappa shape index (κ1) is 11.7. The maximum absolute atomic E-state index is 11.8. The van der Waals surface area contributed by atoms with Gasteiger partial charge in [0, 0.05) is 0 Å². The predicted octanol–water partition coefficient (Wildman–Crippen LogP) is 2.02. The van der Waals surface area contributed by atoms with Gasteiger partial charge in [-0.2, -0.15) is 13.2 Å². The van der Waals surface area contributed by atoms with Crippen LogP contribution in [0.3, 0.4) is 0 Å². The summed E-state index contributed by atoms with van der Waals surface area (Å²) in [5, 5.41) is 2.02. The molecule has 1 rings (SSSR count). The number of carbonyl (C=O) groups excluding carboxylic acids is 1. The summed E-state index contributed by atoms with van der Waals surface area (Å²) in [5.41, 5.74) is 0. The third-order valence-electron chi connectivity index (χ3n) is 1.25. The van der Waals surface area contributed by atoms with Crippen LogP contribution in [0.2, 0.25) is 5.15 Å². The van der Waals surface area contributed by atoms with E-state index in [4.69, 9.17) is 11.6 Å². The topological polar surface area (TPSA) is 54.9 Å². The molecule has 1 heterocycles. The van der Waals surface area contributed by atoms with Crippen molar-refractivity contribution in [2.75, 3.05) is 5.32 Å². The van der Waals surface area contributed by atoms with Gasteiger partial charge in [-0.25, -0.2) is 9.97 Å². The molecule has 0 atom stereocenters. The van der Waals surface area contributed by atoms with Crippen molar-refractivity contribution in [1.29, 1.82) is 0 Å². The van der Waals surface area contributed by atoms with Crippen molar-refractivity contribution in [3.63, 3.8) is 0 Å². The molecule has 0 unspecified atom stereocenters. The lowest BCUT2D eigenvalue weighted by Crippen LogP contribution is -2.21. The summed E-state index contributed by atoms with van der Waals surface area (Å²) < 4.78 is 35.3. The Labute approximate surface area is 87.5 Å². The van der Waals surface area contributed by atoms with Crippen LogP contribution in [0.4, 0.5) is 19.0 Å². The second-order valence-electron chi connectivity index (χ2n) is 2.56. The maximum atomic E-state index is 11.8. The number of rotatable bonds is 2. The van der Waals surface area contributed by atoms with Gasteiger partial charge in [0.1, 0.15) is 11.6 Å². The Morgan fingerprint density at radius 3 is 2.53 bits per heavy atom. The van der Waals surface area contributed by atoms with Crippen LogP contribution in [0.15, 0.2) is 12.4 Å². The highest BCUT2D eigenvalue weighted by atomic mass is 35.5. The SMILES string of the molecule is O=C(CC(F)(F)F)Nc1cnc(Cl)cn1. The van der Waals surface area contributed by atoms with Crippen molar-refractivity contribution in [1.82, 2.24) is 9.97 Å². The summed E-state index contributed by atoms with van der Waals surface area (Å²) in [5.74, 6) is -1.27. The third-order valence-corrected chi connectivity index (χ3v) is 1.44. The molecular formula is C7H5ClF3N3O. The Hall–Kier alpha value is -1.37. The summed E-state index contributed by atoms with van der Waals surface area (Å²) in [6, 6.07) is 0. The quantitative estimate of drug-likeness (QED) is 0.859. The van der Waals surface area contributed by atoms with Gasteiger partial charge in [0.2, 0.25) is 5.91 Å². The lowest BCUT2D eigenvalue weighted by Gasteiger charge is -2.06. The smallest absolute Gasteiger partial charge is 0.309 e. The molecular weight excluding hydrogens is 235 g/mol. The normalized spacial score (nSPS) is 11.2. The number of hydrogen-bond donors (Lipinski definition) is 1. The number of amides is 1. The van der Waals surface area contributed by atoms with Crippen LogP contribution in [0.25, 0.3) is 0 Å². The van der Waals surface area contributed by atoms with Gasteiger partial charge in [-0.1, -0.05) is 11.6 Å². The molecule has 0 aliphatic rings. The van der Waals surface area contributed by atoms with E-state index in [0.29, 0.717) is 0 Å². The van der Waals surface area contributed by atoms with Crippen LogP contribution in [-0.2, 0) is 4.79 Å². The van der Waals surface area contributed by atoms with E-state index in [9.17, 15) is 18.0 Å². The summed E-state index contributed by atoms with van der Waals surface area (Å²) in [7, 11) is 0. The lowest BCUT2D eigenvalue weighted by molar-refractivity contribution is -0.150. The van der Waals surface area contributed by atoms with Crippen molar-refractivity contribution in [3.05, 3.63) is 17.5 Å². The van der Waals surface area contributed by atoms with Crippen molar-refractivity contribution in [2.24, 2.45) is 0 Å². The first-order valence-corrected chi connectivity index (χ1v) is 4.09. The standard InChI is InChI=1S/C7H5ClF3N3O/c8-4-2-13-5(3-12-4)14-6(15)1-7(9,10)11/h2-3H,1H2,(H,13,14,15). The van der Waals surface area contributed by atoms with Crippen LogP contribution in [0.1, 0.15) is 6.42 Å². The minimum Gasteiger partial charge on any atom is -0.309 e. The third kappa shape index (κ3) is 4.59. The number of alkyl halides is 3. The minimum atomic E-state index is -4.54. The second kappa shape index (κ2) is 4.43. The Morgan fingerprint density at radius 1 is 1.40 bits per heavy atom. The van der Waals surface area contributed by atoms with Gasteiger partial charge in [-0.15, -0.1) is 0 Å². The fraction of sp³-hybridized carbons (Fsp3) is 0.286. The summed E-state index contributed by atoms with van der Waals surface area (Å²) in [6.07, 6.45) is -3.91. The first-order chi connectivity index (χ1) is 6.87. The number of aromatic nitrogens is 2. The number of carbonyl (C=O) groups is 1. The Morgan fingerprint density at radius 2 is 2.07 bits per heavy atom. The molecule has 0 aliphatic carbocycles. The number of anilines is 1. The van der Waals surface area contributed by atoms with Gasteiger partial charge < -0.3 is 5.32 Å². The fourth-order valence-electron chi connectivity index (χ4n) is 0.746. The van der Waals surface area contributed by atoms with Crippen molar-refractivity contribution in [2.45, 2.75) is 12.6 Å². The second-order valence-corrected chi connectivity index (χ2v) is 2.95. The highest BCUT2D eigenvalue weighted by Gasteiger charge is 2.31. The zero-order chi connectivity index (χ0) is 11.5. The fourth-order valence-corrected chi connectivity index (χ4v) is 0.844. The van der Waals surface area contributed by atoms with E-state index in [1.165, 1.54) is 0 Å². The number of nitrogens with one attached hydrogen (secondary N) is 1. The van der Waals surface area contributed by atoms with Crippen LogP contribution in [0.5, 0.6) is 0 Å². The molecule has 1 amide bonds. The zero-order valence-electron chi connectivity index (χ0n) is 7.18. The minimum absolute atomic E-state index is 0.0753. The highest BCUT2D eigenvalue weighted by Crippen LogP contribution is 2.19. The van der Waals surface area contributed by atoms with Crippen molar-refractivity contribution in [3.8, 4) is 0 Å². The summed E-state index contributed by atoms with van der Waals surface area (Å²) in [6.45, 7) is 0. The molecule has 0 bridgehead atoms. The van der Waals surface area contributed by atoms with E-state index < -0.39 is 18.5 Å². The van der Waals surface area contributed by atoms with Gasteiger partial charge in [0.15, 0.2) is 5.82 Å². The van der Waals surface area contributed by atoms with Crippen LogP contribution < -0.4 is 5.32 Å². The highest BCUT2D eigenvalue weighted by molar-refractivity contribution is 6.29. The average Bonchev–Trinajstić information content (AvgIpc) is 2.05. The van der Waals surface area contributed by atoms with Gasteiger partial charge in [0.05, 0.1) is 12.4 Å². The summed E-state index contributed by atoms with van der Waals surface area (Å²) in [4.78, 5) is 17.9. The molecule has 8 heteroatoms. The molecule has 0 aliphatic heterocycles. The first-order valence-electron chi connectivity index (χ1n) is 3.71. The molecule has 4 nitrogen and oxygen atoms in total. The molecule has 1 aromatic heterocycles. The molecule has 0 radical (unpaired) electrons. The Kier molecular flexibility index (Phi) is 3.46. The van der Waals surface area contributed by atoms with E-state index in [1.807, 2.05) is 5.32 Å². The average molecular weight is 240 g/mol. The number of hydrogen-bond acceptors (Lipinski definition) is 3. The van der Waals surface area contributed by atoms with Crippen LogP contribution in [-0.4, -0.2) is 22.1 Å². The van der Waals surface area contributed by atoms with Gasteiger partial charge >= 0.3 is 6.18 Å². The van der Waals surface area contributed by atoms with Gasteiger partial charge in [0.25, 0.3) is 0 Å². The van der Waals surface area contributed by atoms with Crippen molar-refractivity contribution < 1.29 is 18.0 Å². The van der Waals surface area contributed by atoms with E-state index in [1.54, 1.807) is 0 Å². The molecule has 1 N–H and O–H groups in total. The van der Waals surface area contributed by atoms with E-state index in [2.05, 4.69) is 9.97 Å². The van der Waals surface area contributed by atoms with Crippen LogP contribution >= 0.6 is 11.6 Å². The molecule has 0 fully saturated rings. The molecule has 0 saturated heterocycles. The largest absolute Gasteiger partial charge is 0.397 e. The molecule has 82 valence electrons. The molecule has 15 heavy (non-hydrogen) atoms. The summed E-state index contributed by atoms with van der Waals surface area (Å²) >= 11 is 5.39. The van der Waals surface area contributed by atoms with E-state index in [0.717, 1.165) is 12.4 Å². The van der Waals surface area contributed by atoms with Crippen LogP contribution in [0, 0.1) is 0 Å². The Balaban J connectivity index is 2.55. The lowest BCUT2D eigenvalue weighted by atomic mass is 10.4. The van der Waals surface area contributed by atoms with E-state index in [-0.39, 0.29) is 11.0 Å². The Bertz CT molecular complexity index is 351. The van der Waals surface area contributed by atoms with E-state index >= 15 is 0 Å². The number of halogens is 4. The monoisotopic (exact) mass is 239 g/mol. The molecule has 0 saturated carbocycles. The molecule has 0 aromatic carbocycles. The van der Waals surface area contributed by atoms with Gasteiger partial charge in [-0.3, -0.25) is 4.79 Å². The predicted molar refractivity (Wildman–Crippen MR) is 46.3 cm³/mol. The molecule has 0 spiro atoms. The van der Waals surface area contributed by atoms with Crippen molar-refractivity contribution >= 4 is 23.3 Å². The number of nitrogens with zero attached hydrogens (tertiary/aromatic N) is 2.